The molecule has 2 fully saturated rings. The number of pyridine rings is 1. The van der Waals surface area contributed by atoms with Gasteiger partial charge in [0.1, 0.15) is 23.2 Å². The first kappa shape index (κ1) is 46.9. The second-order valence-electron chi connectivity index (χ2n) is 18.3. The molecule has 1 saturated heterocycles. The molecule has 2 aliphatic rings. The van der Waals surface area contributed by atoms with Crippen LogP contribution in [0.15, 0.2) is 66.4 Å². The monoisotopic (exact) mass is 942 g/mol. The van der Waals surface area contributed by atoms with E-state index in [4.69, 9.17) is 4.98 Å². The number of nitriles is 1. The van der Waals surface area contributed by atoms with Gasteiger partial charge in [0.15, 0.2) is 5.01 Å². The predicted molar refractivity (Wildman–Crippen MR) is 256 cm³/mol. The summed E-state index contributed by atoms with van der Waals surface area (Å²) >= 11 is 3.10. The molecule has 17 nitrogen and oxygen atoms in total. The van der Waals surface area contributed by atoms with E-state index < -0.39 is 35.4 Å². The number of thiazole rings is 1. The number of likely N-dealkylation sites (tertiary alicyclic amines) is 1. The zero-order valence-electron chi connectivity index (χ0n) is 38.1. The van der Waals surface area contributed by atoms with Crippen molar-refractivity contribution in [2.24, 2.45) is 5.41 Å². The molecular weight excluding hydrogens is 889 g/mol. The number of aliphatic hydroxyl groups is 1. The Bertz CT molecular complexity index is 2820. The highest BCUT2D eigenvalue weighted by Gasteiger charge is 2.44. The van der Waals surface area contributed by atoms with E-state index in [1.807, 2.05) is 82.7 Å². The van der Waals surface area contributed by atoms with E-state index >= 15 is 0 Å². The topological polar surface area (TPSA) is 233 Å². The molecule has 8 rings (SSSR count). The number of aryl methyl sites for hydroxylation is 1. The van der Waals surface area contributed by atoms with Crippen LogP contribution in [0.4, 0.5) is 5.69 Å². The third kappa shape index (κ3) is 10.7. The summed E-state index contributed by atoms with van der Waals surface area (Å²) in [5, 5.41) is 47.2. The van der Waals surface area contributed by atoms with Crippen LogP contribution in [0.1, 0.15) is 93.5 Å². The molecule has 19 heteroatoms. The van der Waals surface area contributed by atoms with Gasteiger partial charge in [0, 0.05) is 63.2 Å². The summed E-state index contributed by atoms with van der Waals surface area (Å²) in [5.74, 6) is -1.34. The molecule has 5 aromatic heterocycles. The summed E-state index contributed by atoms with van der Waals surface area (Å²) in [6.45, 7) is 7.66. The second-order valence-corrected chi connectivity index (χ2v) is 20.1. The van der Waals surface area contributed by atoms with Gasteiger partial charge in [-0.25, -0.2) is 9.50 Å². The fraction of sp³-hybridized carbons (Fsp3) is 0.417. The zero-order valence-corrected chi connectivity index (χ0v) is 39.7. The van der Waals surface area contributed by atoms with Crippen molar-refractivity contribution in [3.63, 3.8) is 0 Å². The van der Waals surface area contributed by atoms with Gasteiger partial charge in [0.25, 0.3) is 0 Å². The van der Waals surface area contributed by atoms with Gasteiger partial charge in [0.05, 0.1) is 56.4 Å². The van der Waals surface area contributed by atoms with E-state index in [1.165, 1.54) is 22.4 Å². The van der Waals surface area contributed by atoms with E-state index in [0.29, 0.717) is 11.3 Å². The van der Waals surface area contributed by atoms with E-state index in [9.17, 15) is 29.5 Å². The lowest BCUT2D eigenvalue weighted by molar-refractivity contribution is -0.144. The molecule has 1 aliphatic heterocycles. The van der Waals surface area contributed by atoms with Crippen LogP contribution < -0.4 is 21.3 Å². The van der Waals surface area contributed by atoms with E-state index in [-0.39, 0.29) is 56.1 Å². The molecule has 67 heavy (non-hydrogen) atoms. The van der Waals surface area contributed by atoms with Gasteiger partial charge < -0.3 is 31.3 Å². The fourth-order valence-electron chi connectivity index (χ4n) is 8.76. The number of fused-ring (bicyclic) bond motifs is 1. The largest absolute Gasteiger partial charge is 0.391 e. The summed E-state index contributed by atoms with van der Waals surface area (Å²) in [4.78, 5) is 65.5. The van der Waals surface area contributed by atoms with Gasteiger partial charge in [-0.1, -0.05) is 56.4 Å². The predicted octanol–water partition coefficient (Wildman–Crippen LogP) is 5.99. The summed E-state index contributed by atoms with van der Waals surface area (Å²) in [5.41, 5.74) is 8.44. The third-order valence-electron chi connectivity index (χ3n) is 12.5. The Balaban J connectivity index is 0.801. The van der Waals surface area contributed by atoms with Crippen molar-refractivity contribution in [3.8, 4) is 38.5 Å². The molecule has 0 unspecified atom stereocenters. The Morgan fingerprint density at radius 1 is 0.970 bits per heavy atom. The van der Waals surface area contributed by atoms with Crippen molar-refractivity contribution < 1.29 is 24.3 Å². The molecule has 348 valence electrons. The van der Waals surface area contributed by atoms with Crippen LogP contribution in [0.5, 0.6) is 0 Å². The molecule has 0 spiro atoms. The average Bonchev–Trinajstić information content (AvgIpc) is 4.16. The first-order valence-corrected chi connectivity index (χ1v) is 24.1. The van der Waals surface area contributed by atoms with Crippen molar-refractivity contribution in [1.82, 2.24) is 50.6 Å². The Hall–Kier alpha value is -6.62. The standard InChI is InChI=1S/C48H54N12O5S2/c1-27-42(66-26-53-27)30-8-6-28(7-9-30)22-52-44(64)39-19-34(61)25-59(39)47(65)43(48(2,3)4)56-41(63)17-16-40(62)55-32-12-10-31(11-13-32)45-57-58-46(67-45)35-24-51-37(20-36(35)50-5)38-15-14-33-18-29(21-49)23-54-60(33)38/h6-9,14-15,18,20,23-24,26,31-32,34,39,43,61H,10-13,16-17,19,22,25H2,1-5H3,(H,50,51)(H,52,64)(H,55,62)(H,56,63)/t31-,32-,34-,39-,43+/m0/s1. The number of hydrogen-bond acceptors (Lipinski definition) is 14. The number of nitrogens with zero attached hydrogens (tertiary/aromatic N) is 8. The number of aromatic nitrogens is 6. The lowest BCUT2D eigenvalue weighted by Crippen LogP contribution is -2.57. The normalized spacial score (nSPS) is 18.9. The summed E-state index contributed by atoms with van der Waals surface area (Å²) in [7, 11) is 1.85. The first-order valence-electron chi connectivity index (χ1n) is 22.4. The Labute approximate surface area is 396 Å². The third-order valence-corrected chi connectivity index (χ3v) is 14.6. The van der Waals surface area contributed by atoms with Crippen LogP contribution in [0.25, 0.3) is 37.9 Å². The maximum atomic E-state index is 14.1. The number of hydrogen-bond donors (Lipinski definition) is 5. The summed E-state index contributed by atoms with van der Waals surface area (Å²) in [6.07, 6.45) is 5.48. The lowest BCUT2D eigenvalue weighted by Gasteiger charge is -2.35. The molecule has 0 radical (unpaired) electrons. The zero-order chi connectivity index (χ0) is 47.4. The lowest BCUT2D eigenvalue weighted by atomic mass is 9.85. The highest BCUT2D eigenvalue weighted by atomic mass is 32.1. The van der Waals surface area contributed by atoms with Crippen LogP contribution in [-0.4, -0.2) is 101 Å². The van der Waals surface area contributed by atoms with E-state index in [0.717, 1.165) is 79.9 Å². The van der Waals surface area contributed by atoms with Gasteiger partial charge in [-0.05, 0) is 73.4 Å². The smallest absolute Gasteiger partial charge is 0.246 e. The molecule has 5 N–H and O–H groups in total. The van der Waals surface area contributed by atoms with Crippen molar-refractivity contribution in [2.45, 2.75) is 109 Å². The maximum absolute atomic E-state index is 14.1. The first-order chi connectivity index (χ1) is 32.2. The van der Waals surface area contributed by atoms with Crippen molar-refractivity contribution >= 4 is 57.5 Å². The Morgan fingerprint density at radius 2 is 1.73 bits per heavy atom. The Morgan fingerprint density at radius 3 is 2.43 bits per heavy atom. The molecule has 4 amide bonds. The second kappa shape index (κ2) is 20.1. The molecule has 6 heterocycles. The fourth-order valence-corrected chi connectivity index (χ4v) is 10.6. The van der Waals surface area contributed by atoms with Gasteiger partial charge in [-0.3, -0.25) is 24.2 Å². The number of amides is 4. The number of carbonyl (C=O) groups excluding carboxylic acids is 4. The van der Waals surface area contributed by atoms with Gasteiger partial charge in [-0.2, -0.15) is 10.4 Å². The molecule has 3 atom stereocenters. The number of carbonyl (C=O) groups is 4. The summed E-state index contributed by atoms with van der Waals surface area (Å²) in [6, 6.07) is 15.6. The van der Waals surface area contributed by atoms with Crippen molar-refractivity contribution in [1.29, 1.82) is 5.26 Å². The van der Waals surface area contributed by atoms with Crippen molar-refractivity contribution in [2.75, 3.05) is 18.9 Å². The van der Waals surface area contributed by atoms with Gasteiger partial charge in [0.2, 0.25) is 23.6 Å². The van der Waals surface area contributed by atoms with E-state index in [1.54, 1.807) is 28.1 Å². The Kier molecular flexibility index (Phi) is 14.1. The van der Waals surface area contributed by atoms with E-state index in [2.05, 4.69) is 47.6 Å². The molecule has 6 aromatic rings. The van der Waals surface area contributed by atoms with Crippen LogP contribution in [-0.2, 0) is 25.7 Å². The quantitative estimate of drug-likeness (QED) is 0.0848. The van der Waals surface area contributed by atoms with Crippen LogP contribution in [0, 0.1) is 23.7 Å². The van der Waals surface area contributed by atoms with Gasteiger partial charge in [-0.15, -0.1) is 21.5 Å². The summed E-state index contributed by atoms with van der Waals surface area (Å²) < 4.78 is 1.75. The number of benzene rings is 1. The SMILES string of the molecule is CNc1cc(-c2ccc3cc(C#N)cnn23)ncc1-c1nnc([C@H]2CC[C@H](NC(=O)CCC(=O)N[C@H](C(=O)N3C[C@@H](O)C[C@H]3C(=O)NCc3ccc(-c4scnc4C)cc3)C(C)(C)C)CC2)s1. The number of aliphatic hydroxyl groups excluding tert-OH is 1. The molecule has 1 aromatic carbocycles. The average molecular weight is 943 g/mol. The molecule has 0 bridgehead atoms. The minimum Gasteiger partial charge on any atom is -0.391 e. The minimum atomic E-state index is -0.994. The van der Waals surface area contributed by atoms with Crippen LogP contribution in [0.3, 0.4) is 0 Å². The minimum absolute atomic E-state index is 0.0331. The number of anilines is 1. The van der Waals surface area contributed by atoms with Gasteiger partial charge >= 0.3 is 0 Å². The highest BCUT2D eigenvalue weighted by molar-refractivity contribution is 7.14. The van der Waals surface area contributed by atoms with Crippen LogP contribution in [0.2, 0.25) is 0 Å². The van der Waals surface area contributed by atoms with Crippen molar-refractivity contribution in [3.05, 3.63) is 88.3 Å². The molecule has 1 aliphatic carbocycles. The maximum Gasteiger partial charge on any atom is 0.246 e. The van der Waals surface area contributed by atoms with Crippen LogP contribution >= 0.6 is 22.7 Å². The highest BCUT2D eigenvalue weighted by Crippen LogP contribution is 2.39. The number of β-amino-alcohol motifs (C(OH)–C–C–N with tert-alkyl or cyclic N) is 1. The number of nitrogens with one attached hydrogen (secondary N) is 4. The molecular formula is C48H54N12O5S2. The number of rotatable bonds is 14. The molecule has 1 saturated carbocycles.